The van der Waals surface area contributed by atoms with Crippen LogP contribution in [0.15, 0.2) is 35.2 Å². The van der Waals surface area contributed by atoms with Gasteiger partial charge in [0.2, 0.25) is 0 Å². The molecule has 0 N–H and O–H groups in total. The molecule has 0 bridgehead atoms. The number of alkyl halides is 2. The molecule has 0 fully saturated rings. The summed E-state index contributed by atoms with van der Waals surface area (Å²) in [5, 5.41) is 0.393. The van der Waals surface area contributed by atoms with Crippen molar-refractivity contribution >= 4 is 23.4 Å². The van der Waals surface area contributed by atoms with Crippen molar-refractivity contribution in [3.8, 4) is 11.3 Å². The summed E-state index contributed by atoms with van der Waals surface area (Å²) >= 11 is 6.51. The van der Waals surface area contributed by atoms with E-state index in [9.17, 15) is 8.78 Å². The van der Waals surface area contributed by atoms with Crippen molar-refractivity contribution in [3.63, 3.8) is 0 Å². The Morgan fingerprint density at radius 3 is 2.50 bits per heavy atom. The van der Waals surface area contributed by atoms with E-state index in [4.69, 9.17) is 11.6 Å². The molecule has 0 atom stereocenters. The van der Waals surface area contributed by atoms with Gasteiger partial charge in [-0.05, 0) is 18.6 Å². The van der Waals surface area contributed by atoms with Crippen LogP contribution in [0, 0.1) is 0 Å². The van der Waals surface area contributed by atoms with Crippen LogP contribution in [0.25, 0.3) is 11.3 Å². The van der Waals surface area contributed by atoms with Gasteiger partial charge in [-0.3, -0.25) is 0 Å². The molecular formula is C14H13ClF2N2S. The molecule has 1 aromatic carbocycles. The number of nitrogens with zero attached hydrogens (tertiary/aromatic N) is 2. The van der Waals surface area contributed by atoms with E-state index in [-0.39, 0.29) is 0 Å². The van der Waals surface area contributed by atoms with Gasteiger partial charge in [-0.25, -0.2) is 9.97 Å². The van der Waals surface area contributed by atoms with Crippen LogP contribution in [0.1, 0.15) is 19.2 Å². The maximum Gasteiger partial charge on any atom is 0.288 e. The van der Waals surface area contributed by atoms with E-state index in [0.717, 1.165) is 18.4 Å². The van der Waals surface area contributed by atoms with Gasteiger partial charge in [0.25, 0.3) is 5.76 Å². The van der Waals surface area contributed by atoms with Crippen LogP contribution in [0.2, 0.25) is 5.15 Å². The lowest BCUT2D eigenvalue weighted by atomic mass is 10.1. The Bertz CT molecular complexity index is 576. The lowest BCUT2D eigenvalue weighted by Gasteiger charge is -2.06. The molecule has 0 spiro atoms. The SMILES string of the molecule is CCCc1nc(Cl)cc(-c2ccc(SC(F)F)cc2)n1. The summed E-state index contributed by atoms with van der Waals surface area (Å²) in [6.45, 7) is 2.04. The predicted octanol–water partition coefficient (Wildman–Crippen LogP) is 5.06. The minimum absolute atomic E-state index is 0.393. The van der Waals surface area contributed by atoms with E-state index in [0.29, 0.717) is 33.3 Å². The topological polar surface area (TPSA) is 25.8 Å². The first-order valence-electron chi connectivity index (χ1n) is 6.17. The molecular weight excluding hydrogens is 302 g/mol. The number of halogens is 3. The van der Waals surface area contributed by atoms with Crippen LogP contribution in [-0.4, -0.2) is 15.7 Å². The molecule has 0 unspecified atom stereocenters. The molecule has 20 heavy (non-hydrogen) atoms. The highest BCUT2D eigenvalue weighted by Gasteiger charge is 2.08. The van der Waals surface area contributed by atoms with Crippen molar-refractivity contribution in [1.82, 2.24) is 9.97 Å². The Kier molecular flexibility index (Phi) is 5.31. The number of rotatable bonds is 5. The van der Waals surface area contributed by atoms with Crippen molar-refractivity contribution in [2.45, 2.75) is 30.4 Å². The van der Waals surface area contributed by atoms with Gasteiger partial charge in [0.15, 0.2) is 0 Å². The Morgan fingerprint density at radius 2 is 1.90 bits per heavy atom. The fourth-order valence-corrected chi connectivity index (χ4v) is 2.45. The summed E-state index contributed by atoms with van der Waals surface area (Å²) in [6, 6.07) is 8.51. The van der Waals surface area contributed by atoms with Gasteiger partial charge in [-0.15, -0.1) is 0 Å². The number of hydrogen-bond acceptors (Lipinski definition) is 3. The Hall–Kier alpha value is -1.20. The van der Waals surface area contributed by atoms with E-state index in [1.807, 2.05) is 6.92 Å². The Morgan fingerprint density at radius 1 is 1.20 bits per heavy atom. The molecule has 0 radical (unpaired) electrons. The first-order chi connectivity index (χ1) is 9.58. The van der Waals surface area contributed by atoms with Crippen molar-refractivity contribution in [2.24, 2.45) is 0 Å². The first kappa shape index (κ1) is 15.2. The summed E-state index contributed by atoms with van der Waals surface area (Å²) in [6.07, 6.45) is 1.69. The van der Waals surface area contributed by atoms with Crippen molar-refractivity contribution in [1.29, 1.82) is 0 Å². The molecule has 0 saturated carbocycles. The summed E-state index contributed by atoms with van der Waals surface area (Å²) < 4.78 is 24.5. The summed E-state index contributed by atoms with van der Waals surface area (Å²) in [5.41, 5.74) is 1.55. The van der Waals surface area contributed by atoms with Gasteiger partial charge in [0.05, 0.1) is 5.69 Å². The molecule has 0 amide bonds. The predicted molar refractivity (Wildman–Crippen MR) is 78.3 cm³/mol. The highest BCUT2D eigenvalue weighted by Crippen LogP contribution is 2.28. The molecule has 0 aliphatic carbocycles. The normalized spacial score (nSPS) is 11.1. The van der Waals surface area contributed by atoms with E-state index in [1.54, 1.807) is 30.3 Å². The molecule has 106 valence electrons. The van der Waals surface area contributed by atoms with Gasteiger partial charge in [0.1, 0.15) is 11.0 Å². The third kappa shape index (κ3) is 4.15. The average molecular weight is 315 g/mol. The quantitative estimate of drug-likeness (QED) is 0.569. The minimum Gasteiger partial charge on any atom is -0.233 e. The third-order valence-corrected chi connectivity index (χ3v) is 3.51. The number of hydrogen-bond donors (Lipinski definition) is 0. The van der Waals surface area contributed by atoms with Crippen LogP contribution in [0.5, 0.6) is 0 Å². The Labute approximate surface area is 125 Å². The number of aryl methyl sites for hydroxylation is 1. The summed E-state index contributed by atoms with van der Waals surface area (Å²) in [4.78, 5) is 9.12. The highest BCUT2D eigenvalue weighted by atomic mass is 35.5. The number of benzene rings is 1. The lowest BCUT2D eigenvalue weighted by molar-refractivity contribution is 0.252. The van der Waals surface area contributed by atoms with Crippen molar-refractivity contribution < 1.29 is 8.78 Å². The zero-order valence-corrected chi connectivity index (χ0v) is 12.4. The maximum absolute atomic E-state index is 12.3. The molecule has 2 nitrogen and oxygen atoms in total. The second kappa shape index (κ2) is 6.99. The molecule has 2 rings (SSSR count). The summed E-state index contributed by atoms with van der Waals surface area (Å²) in [5.74, 6) is -1.72. The summed E-state index contributed by atoms with van der Waals surface area (Å²) in [7, 11) is 0. The van der Waals surface area contributed by atoms with Gasteiger partial charge < -0.3 is 0 Å². The maximum atomic E-state index is 12.3. The molecule has 1 heterocycles. The molecule has 0 aliphatic heterocycles. The molecule has 0 saturated heterocycles. The van der Waals surface area contributed by atoms with Gasteiger partial charge in [0, 0.05) is 22.9 Å². The zero-order valence-electron chi connectivity index (χ0n) is 10.8. The smallest absolute Gasteiger partial charge is 0.233 e. The van der Waals surface area contributed by atoms with Crippen LogP contribution in [0.4, 0.5) is 8.78 Å². The molecule has 2 aromatic rings. The molecule has 6 heteroatoms. The Balaban J connectivity index is 2.26. The van der Waals surface area contributed by atoms with Crippen LogP contribution >= 0.6 is 23.4 Å². The lowest BCUT2D eigenvalue weighted by Crippen LogP contribution is -1.97. The number of thioether (sulfide) groups is 1. The van der Waals surface area contributed by atoms with Crippen LogP contribution < -0.4 is 0 Å². The average Bonchev–Trinajstić information content (AvgIpc) is 2.38. The molecule has 1 aromatic heterocycles. The van der Waals surface area contributed by atoms with E-state index in [1.165, 1.54) is 0 Å². The second-order valence-corrected chi connectivity index (χ2v) is 5.60. The third-order valence-electron chi connectivity index (χ3n) is 2.59. The van der Waals surface area contributed by atoms with Crippen molar-refractivity contribution in [2.75, 3.05) is 0 Å². The standard InChI is InChI=1S/C14H13ClF2N2S/c1-2-3-13-18-11(8-12(15)19-13)9-4-6-10(7-5-9)20-14(16)17/h4-8,14H,2-3H2,1H3. The van der Waals surface area contributed by atoms with Crippen LogP contribution in [0.3, 0.4) is 0 Å². The first-order valence-corrected chi connectivity index (χ1v) is 7.43. The second-order valence-electron chi connectivity index (χ2n) is 4.15. The van der Waals surface area contributed by atoms with Crippen LogP contribution in [-0.2, 0) is 6.42 Å². The van der Waals surface area contributed by atoms with Gasteiger partial charge in [-0.2, -0.15) is 8.78 Å². The number of aromatic nitrogens is 2. The van der Waals surface area contributed by atoms with Gasteiger partial charge in [-0.1, -0.05) is 42.4 Å². The highest BCUT2D eigenvalue weighted by molar-refractivity contribution is 7.99. The van der Waals surface area contributed by atoms with E-state index >= 15 is 0 Å². The minimum atomic E-state index is -2.41. The monoisotopic (exact) mass is 314 g/mol. The fraction of sp³-hybridized carbons (Fsp3) is 0.286. The fourth-order valence-electron chi connectivity index (χ4n) is 1.76. The zero-order chi connectivity index (χ0) is 14.5. The van der Waals surface area contributed by atoms with Gasteiger partial charge >= 0.3 is 0 Å². The molecule has 0 aliphatic rings. The largest absolute Gasteiger partial charge is 0.288 e. The van der Waals surface area contributed by atoms with E-state index in [2.05, 4.69) is 9.97 Å². The van der Waals surface area contributed by atoms with Crippen molar-refractivity contribution in [3.05, 3.63) is 41.3 Å². The van der Waals surface area contributed by atoms with E-state index < -0.39 is 5.76 Å².